The standard InChI is InChI=1S/C12H13NO4/c14-8(15)3-4-13-11(16)9-6-1-2-7(5-6)10(9)12(13)17/h1-2,6-7,9-10H,3-5H2,(H,14,15)/t6-,7+,9-,10-/m1/s1. The third kappa shape index (κ3) is 1.34. The van der Waals surface area contributed by atoms with E-state index in [0.717, 1.165) is 11.3 Å². The van der Waals surface area contributed by atoms with Crippen LogP contribution in [0.15, 0.2) is 12.2 Å². The monoisotopic (exact) mass is 235 g/mol. The highest BCUT2D eigenvalue weighted by Gasteiger charge is 2.58. The number of amides is 2. The minimum atomic E-state index is -0.983. The number of carbonyl (C=O) groups excluding carboxylic acids is 2. The number of carbonyl (C=O) groups is 3. The fraction of sp³-hybridized carbons (Fsp3) is 0.583. The van der Waals surface area contributed by atoms with E-state index in [4.69, 9.17) is 5.11 Å². The number of carboxylic acids is 1. The summed E-state index contributed by atoms with van der Waals surface area (Å²) in [6.07, 6.45) is 4.79. The predicted octanol–water partition coefficient (Wildman–Crippen LogP) is 0.268. The molecule has 5 heteroatoms. The average Bonchev–Trinajstić information content (AvgIpc) is 2.92. The summed E-state index contributed by atoms with van der Waals surface area (Å²) in [5.74, 6) is -1.37. The molecule has 1 N–H and O–H groups in total. The summed E-state index contributed by atoms with van der Waals surface area (Å²) in [4.78, 5) is 35.8. The highest BCUT2D eigenvalue weighted by Crippen LogP contribution is 2.52. The van der Waals surface area contributed by atoms with Gasteiger partial charge in [-0.15, -0.1) is 0 Å². The fourth-order valence-corrected chi connectivity index (χ4v) is 3.39. The van der Waals surface area contributed by atoms with Crippen LogP contribution >= 0.6 is 0 Å². The first-order valence-electron chi connectivity index (χ1n) is 5.85. The van der Waals surface area contributed by atoms with E-state index in [1.807, 2.05) is 12.2 Å². The van der Waals surface area contributed by atoms with Crippen LogP contribution < -0.4 is 0 Å². The van der Waals surface area contributed by atoms with Gasteiger partial charge in [-0.25, -0.2) is 0 Å². The molecule has 4 atom stereocenters. The molecule has 0 aromatic carbocycles. The molecule has 0 radical (unpaired) electrons. The Labute approximate surface area is 98.1 Å². The van der Waals surface area contributed by atoms with Crippen molar-refractivity contribution in [1.29, 1.82) is 0 Å². The molecule has 1 saturated carbocycles. The van der Waals surface area contributed by atoms with Crippen LogP contribution in [0.1, 0.15) is 12.8 Å². The Morgan fingerprint density at radius 3 is 2.24 bits per heavy atom. The highest BCUT2D eigenvalue weighted by molar-refractivity contribution is 6.06. The number of aliphatic carboxylic acids is 1. The second-order valence-corrected chi connectivity index (χ2v) is 4.97. The number of imide groups is 1. The number of allylic oxidation sites excluding steroid dienone is 2. The van der Waals surface area contributed by atoms with Crippen LogP contribution in [-0.2, 0) is 14.4 Å². The Balaban J connectivity index is 1.80. The zero-order valence-electron chi connectivity index (χ0n) is 9.20. The minimum Gasteiger partial charge on any atom is -0.481 e. The van der Waals surface area contributed by atoms with Gasteiger partial charge < -0.3 is 5.11 Å². The summed E-state index contributed by atoms with van der Waals surface area (Å²) in [7, 11) is 0. The van der Waals surface area contributed by atoms with Gasteiger partial charge in [-0.1, -0.05) is 12.2 Å². The molecule has 3 rings (SSSR count). The Morgan fingerprint density at radius 2 is 1.76 bits per heavy atom. The van der Waals surface area contributed by atoms with Gasteiger partial charge in [0.05, 0.1) is 18.3 Å². The molecule has 5 nitrogen and oxygen atoms in total. The number of nitrogens with zero attached hydrogens (tertiary/aromatic N) is 1. The van der Waals surface area contributed by atoms with Crippen LogP contribution in [0.4, 0.5) is 0 Å². The van der Waals surface area contributed by atoms with Crippen molar-refractivity contribution >= 4 is 17.8 Å². The Morgan fingerprint density at radius 1 is 1.24 bits per heavy atom. The molecule has 1 saturated heterocycles. The van der Waals surface area contributed by atoms with Gasteiger partial charge in [0.2, 0.25) is 11.8 Å². The average molecular weight is 235 g/mol. The number of hydrogen-bond donors (Lipinski definition) is 1. The van der Waals surface area contributed by atoms with E-state index in [1.165, 1.54) is 0 Å². The second-order valence-electron chi connectivity index (χ2n) is 4.97. The highest BCUT2D eigenvalue weighted by atomic mass is 16.4. The molecule has 90 valence electrons. The first kappa shape index (κ1) is 10.5. The van der Waals surface area contributed by atoms with Gasteiger partial charge in [0.25, 0.3) is 0 Å². The summed E-state index contributed by atoms with van der Waals surface area (Å²) in [6.45, 7) is 0.0133. The summed E-state index contributed by atoms with van der Waals surface area (Å²) < 4.78 is 0. The van der Waals surface area contributed by atoms with E-state index in [1.54, 1.807) is 0 Å². The topological polar surface area (TPSA) is 74.7 Å². The van der Waals surface area contributed by atoms with Gasteiger partial charge in [-0.2, -0.15) is 0 Å². The Bertz CT molecular complexity index is 412. The molecule has 2 aliphatic carbocycles. The van der Waals surface area contributed by atoms with Crippen LogP contribution in [0.25, 0.3) is 0 Å². The SMILES string of the molecule is O=C(O)CCN1C(=O)[C@H]2[C@H](C1=O)[C@H]1C=C[C@@H]2C1. The van der Waals surface area contributed by atoms with Gasteiger partial charge in [0.15, 0.2) is 0 Å². The van der Waals surface area contributed by atoms with E-state index in [2.05, 4.69) is 0 Å². The van der Waals surface area contributed by atoms with Gasteiger partial charge in [0.1, 0.15) is 0 Å². The zero-order valence-corrected chi connectivity index (χ0v) is 9.20. The van der Waals surface area contributed by atoms with E-state index in [9.17, 15) is 14.4 Å². The molecule has 0 unspecified atom stereocenters. The molecule has 1 heterocycles. The third-order valence-corrected chi connectivity index (χ3v) is 4.11. The van der Waals surface area contributed by atoms with Crippen molar-refractivity contribution in [2.24, 2.45) is 23.7 Å². The Kier molecular flexibility index (Phi) is 2.11. The van der Waals surface area contributed by atoms with E-state index >= 15 is 0 Å². The molecule has 2 bridgehead atoms. The first-order chi connectivity index (χ1) is 8.09. The third-order valence-electron chi connectivity index (χ3n) is 4.11. The smallest absolute Gasteiger partial charge is 0.305 e. The maximum atomic E-state index is 12.1. The molecule has 2 fully saturated rings. The van der Waals surface area contributed by atoms with E-state index < -0.39 is 5.97 Å². The maximum absolute atomic E-state index is 12.1. The van der Waals surface area contributed by atoms with Crippen molar-refractivity contribution in [3.8, 4) is 0 Å². The fourth-order valence-electron chi connectivity index (χ4n) is 3.39. The second kappa shape index (κ2) is 3.42. The molecular formula is C12H13NO4. The van der Waals surface area contributed by atoms with Crippen molar-refractivity contribution in [2.45, 2.75) is 12.8 Å². The van der Waals surface area contributed by atoms with Crippen LogP contribution in [0.3, 0.4) is 0 Å². The summed E-state index contributed by atoms with van der Waals surface area (Å²) in [5.41, 5.74) is 0. The van der Waals surface area contributed by atoms with E-state index in [-0.39, 0.29) is 48.5 Å². The number of likely N-dealkylation sites (tertiary alicyclic amines) is 1. The predicted molar refractivity (Wildman–Crippen MR) is 56.7 cm³/mol. The maximum Gasteiger partial charge on any atom is 0.305 e. The Hall–Kier alpha value is -1.65. The number of carboxylic acid groups (broad SMARTS) is 1. The van der Waals surface area contributed by atoms with Crippen LogP contribution in [0, 0.1) is 23.7 Å². The molecule has 17 heavy (non-hydrogen) atoms. The number of fused-ring (bicyclic) bond motifs is 5. The van der Waals surface area contributed by atoms with E-state index in [0.29, 0.717) is 0 Å². The van der Waals surface area contributed by atoms with Gasteiger partial charge >= 0.3 is 5.97 Å². The van der Waals surface area contributed by atoms with Gasteiger partial charge in [-0.3, -0.25) is 19.3 Å². The lowest BCUT2D eigenvalue weighted by Crippen LogP contribution is -2.34. The lowest BCUT2D eigenvalue weighted by Gasteiger charge is -2.15. The van der Waals surface area contributed by atoms with Crippen molar-refractivity contribution in [2.75, 3.05) is 6.54 Å². The largest absolute Gasteiger partial charge is 0.481 e. The normalized spacial score (nSPS) is 38.0. The molecule has 0 aromatic heterocycles. The van der Waals surface area contributed by atoms with Crippen molar-refractivity contribution < 1.29 is 19.5 Å². The summed E-state index contributed by atoms with van der Waals surface area (Å²) in [6, 6.07) is 0. The molecule has 0 spiro atoms. The van der Waals surface area contributed by atoms with Crippen LogP contribution in [-0.4, -0.2) is 34.3 Å². The first-order valence-corrected chi connectivity index (χ1v) is 5.85. The molecular weight excluding hydrogens is 222 g/mol. The van der Waals surface area contributed by atoms with Crippen LogP contribution in [0.2, 0.25) is 0 Å². The zero-order chi connectivity index (χ0) is 12.2. The van der Waals surface area contributed by atoms with Crippen molar-refractivity contribution in [3.63, 3.8) is 0 Å². The molecule has 2 amide bonds. The summed E-state index contributed by atoms with van der Waals surface area (Å²) in [5, 5.41) is 8.60. The van der Waals surface area contributed by atoms with Crippen LogP contribution in [0.5, 0.6) is 0 Å². The van der Waals surface area contributed by atoms with Gasteiger partial charge in [-0.05, 0) is 18.3 Å². The molecule has 3 aliphatic rings. The number of rotatable bonds is 3. The quantitative estimate of drug-likeness (QED) is 0.562. The lowest BCUT2D eigenvalue weighted by atomic mass is 9.85. The summed E-state index contributed by atoms with van der Waals surface area (Å²) >= 11 is 0. The lowest BCUT2D eigenvalue weighted by molar-refractivity contribution is -0.142. The van der Waals surface area contributed by atoms with Gasteiger partial charge in [0, 0.05) is 6.54 Å². The van der Waals surface area contributed by atoms with Crippen molar-refractivity contribution in [3.05, 3.63) is 12.2 Å². The minimum absolute atomic E-state index is 0.0133. The molecule has 0 aromatic rings. The molecule has 1 aliphatic heterocycles. The number of hydrogen-bond acceptors (Lipinski definition) is 3. The van der Waals surface area contributed by atoms with Crippen molar-refractivity contribution in [1.82, 2.24) is 4.90 Å².